The number of hydrogen-bond donors (Lipinski definition) is 0. The molecule has 174 valence electrons. The third-order valence-corrected chi connectivity index (χ3v) is 6.62. The Bertz CT molecular complexity index is 1580. The number of aromatic nitrogens is 3. The quantitative estimate of drug-likeness (QED) is 0.368. The third kappa shape index (κ3) is 3.86. The molecular formula is C29H26N4O2. The van der Waals surface area contributed by atoms with E-state index >= 15 is 0 Å². The zero-order valence-electron chi connectivity index (χ0n) is 19.8. The smallest absolute Gasteiger partial charge is 0.265 e. The Labute approximate surface area is 203 Å². The van der Waals surface area contributed by atoms with Crippen LogP contribution in [-0.4, -0.2) is 39.8 Å². The van der Waals surface area contributed by atoms with Gasteiger partial charge in [0, 0.05) is 18.7 Å². The minimum atomic E-state index is -0.111. The molecule has 3 aromatic carbocycles. The minimum absolute atomic E-state index is 0.111. The van der Waals surface area contributed by atoms with Crippen LogP contribution >= 0.6 is 0 Å². The van der Waals surface area contributed by atoms with E-state index in [0.29, 0.717) is 16.6 Å². The second-order valence-electron chi connectivity index (χ2n) is 9.19. The largest absolute Gasteiger partial charge is 0.372 e. The summed E-state index contributed by atoms with van der Waals surface area (Å²) in [6.07, 6.45) is 3.66. The summed E-state index contributed by atoms with van der Waals surface area (Å²) < 4.78 is 7.40. The van der Waals surface area contributed by atoms with Gasteiger partial charge in [0.15, 0.2) is 0 Å². The van der Waals surface area contributed by atoms with Crippen molar-refractivity contribution in [2.75, 3.05) is 18.0 Å². The van der Waals surface area contributed by atoms with Crippen LogP contribution in [0.25, 0.3) is 38.5 Å². The summed E-state index contributed by atoms with van der Waals surface area (Å²) in [6, 6.07) is 24.2. The minimum Gasteiger partial charge on any atom is -0.372 e. The second-order valence-corrected chi connectivity index (χ2v) is 9.19. The monoisotopic (exact) mass is 462 g/mol. The van der Waals surface area contributed by atoms with Crippen molar-refractivity contribution in [3.63, 3.8) is 0 Å². The summed E-state index contributed by atoms with van der Waals surface area (Å²) in [6.45, 7) is 5.74. The van der Waals surface area contributed by atoms with E-state index in [9.17, 15) is 4.79 Å². The van der Waals surface area contributed by atoms with Gasteiger partial charge in [0.1, 0.15) is 12.1 Å². The van der Waals surface area contributed by atoms with Crippen LogP contribution in [0.5, 0.6) is 0 Å². The maximum absolute atomic E-state index is 13.5. The molecule has 2 atom stereocenters. The number of morpholine rings is 1. The van der Waals surface area contributed by atoms with Crippen molar-refractivity contribution < 1.29 is 4.74 Å². The van der Waals surface area contributed by atoms with Crippen molar-refractivity contribution in [1.82, 2.24) is 14.5 Å². The van der Waals surface area contributed by atoms with E-state index in [4.69, 9.17) is 9.72 Å². The van der Waals surface area contributed by atoms with Crippen LogP contribution in [-0.2, 0) is 4.74 Å². The lowest BCUT2D eigenvalue weighted by Gasteiger charge is -2.36. The second kappa shape index (κ2) is 8.64. The van der Waals surface area contributed by atoms with Gasteiger partial charge in [0.05, 0.1) is 35.0 Å². The highest BCUT2D eigenvalue weighted by atomic mass is 16.5. The molecule has 0 unspecified atom stereocenters. The number of anilines is 1. The molecule has 6 heteroatoms. The average molecular weight is 463 g/mol. The van der Waals surface area contributed by atoms with Gasteiger partial charge in [-0.05, 0) is 48.4 Å². The molecule has 0 spiro atoms. The van der Waals surface area contributed by atoms with Crippen LogP contribution in [0, 0.1) is 0 Å². The average Bonchev–Trinajstić information content (AvgIpc) is 2.88. The van der Waals surface area contributed by atoms with Gasteiger partial charge in [-0.25, -0.2) is 9.97 Å². The summed E-state index contributed by atoms with van der Waals surface area (Å²) in [4.78, 5) is 25.1. The third-order valence-electron chi connectivity index (χ3n) is 6.62. The van der Waals surface area contributed by atoms with Crippen LogP contribution in [0.3, 0.4) is 0 Å². The summed E-state index contributed by atoms with van der Waals surface area (Å²) in [5.41, 5.74) is 3.30. The number of benzene rings is 3. The lowest BCUT2D eigenvalue weighted by molar-refractivity contribution is -0.00545. The lowest BCUT2D eigenvalue weighted by atomic mass is 9.96. The van der Waals surface area contributed by atoms with Crippen molar-refractivity contribution in [2.24, 2.45) is 0 Å². The molecule has 5 aromatic rings. The summed E-state index contributed by atoms with van der Waals surface area (Å²) in [5, 5.41) is 2.88. The SMILES string of the molecule is C[C@@H]1CN(c2ccc(-n3cnc4c(-c5cccc6ccccc56)cccc4c3=O)cn2)C[C@H](C)O1. The molecular weight excluding hydrogens is 436 g/mol. The number of rotatable bonds is 3. The van der Waals surface area contributed by atoms with Gasteiger partial charge in [-0.2, -0.15) is 0 Å². The predicted molar refractivity (Wildman–Crippen MR) is 140 cm³/mol. The van der Waals surface area contributed by atoms with Crippen LogP contribution in [0.2, 0.25) is 0 Å². The fourth-order valence-electron chi connectivity index (χ4n) is 5.09. The number of hydrogen-bond acceptors (Lipinski definition) is 5. The molecule has 6 nitrogen and oxygen atoms in total. The Morgan fingerprint density at radius 1 is 0.800 bits per heavy atom. The molecule has 0 N–H and O–H groups in total. The van der Waals surface area contributed by atoms with Crippen molar-refractivity contribution in [3.8, 4) is 16.8 Å². The highest BCUT2D eigenvalue weighted by Crippen LogP contribution is 2.32. The number of fused-ring (bicyclic) bond motifs is 2. The van der Waals surface area contributed by atoms with Gasteiger partial charge in [-0.1, -0.05) is 54.6 Å². The van der Waals surface area contributed by atoms with Gasteiger partial charge >= 0.3 is 0 Å². The van der Waals surface area contributed by atoms with E-state index in [-0.39, 0.29) is 17.8 Å². The first-order valence-electron chi connectivity index (χ1n) is 11.9. The van der Waals surface area contributed by atoms with Gasteiger partial charge in [-0.3, -0.25) is 9.36 Å². The van der Waals surface area contributed by atoms with E-state index in [1.54, 1.807) is 17.1 Å². The van der Waals surface area contributed by atoms with Gasteiger partial charge in [0.2, 0.25) is 0 Å². The molecule has 3 heterocycles. The first kappa shape index (κ1) is 21.5. The van der Waals surface area contributed by atoms with Crippen LogP contribution in [0.1, 0.15) is 13.8 Å². The Balaban J connectivity index is 1.40. The maximum Gasteiger partial charge on any atom is 0.265 e. The Morgan fingerprint density at radius 3 is 2.31 bits per heavy atom. The lowest BCUT2D eigenvalue weighted by Crippen LogP contribution is -2.45. The Morgan fingerprint density at radius 2 is 1.51 bits per heavy atom. The van der Waals surface area contributed by atoms with E-state index in [0.717, 1.165) is 40.8 Å². The zero-order chi connectivity index (χ0) is 23.9. The van der Waals surface area contributed by atoms with E-state index in [1.807, 2.05) is 48.5 Å². The van der Waals surface area contributed by atoms with Crippen molar-refractivity contribution >= 4 is 27.5 Å². The highest BCUT2D eigenvalue weighted by Gasteiger charge is 2.23. The standard InChI is InChI=1S/C29H26N4O2/c1-19-16-32(17-20(2)35-19)27-14-13-22(15-30-27)33-18-31-28-25(11-6-12-26(28)29(33)34)24-10-5-8-21-7-3-4-9-23(21)24/h3-15,18-20H,16-17H2,1-2H3/t19-,20+. The fraction of sp³-hybridized carbons (Fsp3) is 0.207. The topological polar surface area (TPSA) is 60.2 Å². The van der Waals surface area contributed by atoms with Crippen molar-refractivity contribution in [1.29, 1.82) is 0 Å². The molecule has 0 radical (unpaired) electrons. The molecule has 35 heavy (non-hydrogen) atoms. The van der Waals surface area contributed by atoms with Crippen LogP contribution in [0.4, 0.5) is 5.82 Å². The molecule has 2 aromatic heterocycles. The molecule has 0 saturated carbocycles. The van der Waals surface area contributed by atoms with Crippen molar-refractivity contribution in [3.05, 3.63) is 95.7 Å². The number of pyridine rings is 1. The zero-order valence-corrected chi connectivity index (χ0v) is 19.8. The summed E-state index contributed by atoms with van der Waals surface area (Å²) >= 11 is 0. The molecule has 1 aliphatic rings. The van der Waals surface area contributed by atoms with Gasteiger partial charge < -0.3 is 9.64 Å². The van der Waals surface area contributed by atoms with E-state index < -0.39 is 0 Å². The van der Waals surface area contributed by atoms with E-state index in [2.05, 4.69) is 48.0 Å². The summed E-state index contributed by atoms with van der Waals surface area (Å²) in [5.74, 6) is 0.885. The summed E-state index contributed by atoms with van der Waals surface area (Å²) in [7, 11) is 0. The molecule has 1 aliphatic heterocycles. The van der Waals surface area contributed by atoms with Gasteiger partial charge in [-0.15, -0.1) is 0 Å². The maximum atomic E-state index is 13.5. The first-order valence-corrected chi connectivity index (χ1v) is 11.9. The molecule has 6 rings (SSSR count). The van der Waals surface area contributed by atoms with Crippen LogP contribution in [0.15, 0.2) is 90.1 Å². The number of para-hydroxylation sites is 1. The van der Waals surface area contributed by atoms with E-state index in [1.165, 1.54) is 0 Å². The first-order chi connectivity index (χ1) is 17.1. The van der Waals surface area contributed by atoms with Crippen LogP contribution < -0.4 is 10.5 Å². The fourth-order valence-corrected chi connectivity index (χ4v) is 5.09. The predicted octanol–water partition coefficient (Wildman–Crippen LogP) is 5.21. The van der Waals surface area contributed by atoms with Gasteiger partial charge in [0.25, 0.3) is 5.56 Å². The Kier molecular flexibility index (Phi) is 5.30. The molecule has 0 bridgehead atoms. The Hall–Kier alpha value is -4.03. The number of ether oxygens (including phenoxy) is 1. The highest BCUT2D eigenvalue weighted by molar-refractivity contribution is 6.03. The molecule has 1 fully saturated rings. The molecule has 0 amide bonds. The molecule has 1 saturated heterocycles. The van der Waals surface area contributed by atoms with Crippen molar-refractivity contribution in [2.45, 2.75) is 26.1 Å². The molecule has 0 aliphatic carbocycles. The number of nitrogens with zero attached hydrogens (tertiary/aromatic N) is 4. The normalized spacial score (nSPS) is 18.3.